The summed E-state index contributed by atoms with van der Waals surface area (Å²) in [6, 6.07) is 0.318. The average Bonchev–Trinajstić information content (AvgIpc) is 2.92. The standard InChI is InChI=1S/C14H19F2N3O2.C3H8/c1-9-11-8-18(14(20)13(15)16)5-2-12(11)19(17-9)10-3-6-21-7-4-10;1-3-2/h10,13H,2-8H2,1H3;3H2,1-2H3. The van der Waals surface area contributed by atoms with Crippen molar-refractivity contribution in [2.75, 3.05) is 19.8 Å². The van der Waals surface area contributed by atoms with E-state index in [2.05, 4.69) is 18.9 Å². The Labute approximate surface area is 142 Å². The Bertz CT molecular complexity index is 554. The van der Waals surface area contributed by atoms with Crippen LogP contribution in [0.4, 0.5) is 8.78 Å². The van der Waals surface area contributed by atoms with Gasteiger partial charge in [0.05, 0.1) is 11.7 Å². The summed E-state index contributed by atoms with van der Waals surface area (Å²) in [6.45, 7) is 8.17. The summed E-state index contributed by atoms with van der Waals surface area (Å²) in [6.07, 6.45) is 0.754. The molecule has 1 amide bonds. The number of carbonyl (C=O) groups is 1. The number of hydrogen-bond acceptors (Lipinski definition) is 3. The lowest BCUT2D eigenvalue weighted by molar-refractivity contribution is -0.143. The van der Waals surface area contributed by atoms with Crippen molar-refractivity contribution in [3.8, 4) is 0 Å². The van der Waals surface area contributed by atoms with E-state index in [0.717, 1.165) is 43.0 Å². The van der Waals surface area contributed by atoms with Crippen molar-refractivity contribution in [2.45, 2.75) is 65.5 Å². The molecule has 3 rings (SSSR count). The molecular formula is C17H27F2N3O2. The zero-order valence-electron chi connectivity index (χ0n) is 14.7. The zero-order chi connectivity index (χ0) is 17.7. The highest BCUT2D eigenvalue weighted by Gasteiger charge is 2.31. The first-order valence-electron chi connectivity index (χ1n) is 8.71. The van der Waals surface area contributed by atoms with Crippen LogP contribution in [0.25, 0.3) is 0 Å². The van der Waals surface area contributed by atoms with E-state index in [1.165, 1.54) is 11.3 Å². The van der Waals surface area contributed by atoms with Gasteiger partial charge in [-0.25, -0.2) is 0 Å². The van der Waals surface area contributed by atoms with Crippen molar-refractivity contribution in [3.05, 3.63) is 17.0 Å². The number of halogens is 2. The predicted octanol–water partition coefficient (Wildman–Crippen LogP) is 3.11. The van der Waals surface area contributed by atoms with Crippen LogP contribution in [0.3, 0.4) is 0 Å². The molecule has 1 aromatic rings. The molecule has 24 heavy (non-hydrogen) atoms. The molecule has 2 aliphatic rings. The number of amides is 1. The molecule has 0 saturated carbocycles. The maximum atomic E-state index is 12.6. The highest BCUT2D eigenvalue weighted by Crippen LogP contribution is 2.29. The van der Waals surface area contributed by atoms with Crippen LogP contribution in [0.5, 0.6) is 0 Å². The molecule has 1 aromatic heterocycles. The van der Waals surface area contributed by atoms with Gasteiger partial charge in [0.2, 0.25) is 0 Å². The number of ether oxygens (including phenoxy) is 1. The molecule has 3 heterocycles. The van der Waals surface area contributed by atoms with Gasteiger partial charge in [-0.05, 0) is 19.8 Å². The Kier molecular flexibility index (Phi) is 6.71. The number of rotatable bonds is 2. The van der Waals surface area contributed by atoms with E-state index in [1.54, 1.807) is 0 Å². The molecule has 0 aromatic carbocycles. The summed E-state index contributed by atoms with van der Waals surface area (Å²) >= 11 is 0. The van der Waals surface area contributed by atoms with Crippen LogP contribution in [-0.4, -0.2) is 46.8 Å². The van der Waals surface area contributed by atoms with Gasteiger partial charge in [0.15, 0.2) is 0 Å². The van der Waals surface area contributed by atoms with Crippen LogP contribution >= 0.6 is 0 Å². The van der Waals surface area contributed by atoms with E-state index >= 15 is 0 Å². The van der Waals surface area contributed by atoms with Gasteiger partial charge in [0, 0.05) is 44.0 Å². The fourth-order valence-corrected chi connectivity index (χ4v) is 3.17. The third-order valence-electron chi connectivity index (χ3n) is 4.32. The average molecular weight is 343 g/mol. The topological polar surface area (TPSA) is 47.4 Å². The second-order valence-electron chi connectivity index (χ2n) is 6.32. The predicted molar refractivity (Wildman–Crippen MR) is 87.1 cm³/mol. The summed E-state index contributed by atoms with van der Waals surface area (Å²) in [5, 5.41) is 4.59. The van der Waals surface area contributed by atoms with E-state index in [9.17, 15) is 13.6 Å². The summed E-state index contributed by atoms with van der Waals surface area (Å²) < 4.78 is 32.5. The Morgan fingerprint density at radius 1 is 1.33 bits per heavy atom. The van der Waals surface area contributed by atoms with Gasteiger partial charge in [-0.3, -0.25) is 9.48 Å². The molecule has 136 valence electrons. The lowest BCUT2D eigenvalue weighted by Gasteiger charge is -2.29. The summed E-state index contributed by atoms with van der Waals surface area (Å²) in [5.74, 6) is -1.08. The van der Waals surface area contributed by atoms with Crippen LogP contribution in [0.1, 0.15) is 56.1 Å². The van der Waals surface area contributed by atoms with Gasteiger partial charge >= 0.3 is 6.43 Å². The zero-order valence-corrected chi connectivity index (χ0v) is 14.7. The molecule has 0 N–H and O–H groups in total. The third-order valence-corrected chi connectivity index (χ3v) is 4.32. The number of carbonyl (C=O) groups excluding carboxylic acids is 1. The van der Waals surface area contributed by atoms with E-state index < -0.39 is 12.3 Å². The molecule has 0 radical (unpaired) electrons. The fourth-order valence-electron chi connectivity index (χ4n) is 3.17. The second-order valence-corrected chi connectivity index (χ2v) is 6.32. The van der Waals surface area contributed by atoms with Crippen LogP contribution in [0.15, 0.2) is 0 Å². The first-order chi connectivity index (χ1) is 11.5. The van der Waals surface area contributed by atoms with Crippen molar-refractivity contribution in [1.82, 2.24) is 14.7 Å². The lowest BCUT2D eigenvalue weighted by atomic mass is 10.0. The first-order valence-corrected chi connectivity index (χ1v) is 8.71. The highest BCUT2D eigenvalue weighted by molar-refractivity contribution is 5.79. The number of aromatic nitrogens is 2. The molecule has 0 unspecified atom stereocenters. The van der Waals surface area contributed by atoms with Gasteiger partial charge in [0.25, 0.3) is 5.91 Å². The van der Waals surface area contributed by atoms with Gasteiger partial charge in [-0.1, -0.05) is 20.3 Å². The molecule has 0 atom stereocenters. The Morgan fingerprint density at radius 2 is 1.96 bits per heavy atom. The Morgan fingerprint density at radius 3 is 2.54 bits per heavy atom. The number of alkyl halides is 2. The minimum absolute atomic E-state index is 0.244. The lowest BCUT2D eigenvalue weighted by Crippen LogP contribution is -2.40. The minimum Gasteiger partial charge on any atom is -0.381 e. The fraction of sp³-hybridized carbons (Fsp3) is 0.765. The van der Waals surface area contributed by atoms with Crippen molar-refractivity contribution in [2.24, 2.45) is 0 Å². The van der Waals surface area contributed by atoms with E-state index in [-0.39, 0.29) is 6.54 Å². The van der Waals surface area contributed by atoms with Crippen LogP contribution in [-0.2, 0) is 22.5 Å². The first kappa shape index (κ1) is 18.8. The molecule has 1 saturated heterocycles. The third kappa shape index (κ3) is 4.12. The monoisotopic (exact) mass is 343 g/mol. The van der Waals surface area contributed by atoms with E-state index in [0.29, 0.717) is 19.0 Å². The number of nitrogens with zero attached hydrogens (tertiary/aromatic N) is 3. The number of fused-ring (bicyclic) bond motifs is 1. The highest BCUT2D eigenvalue weighted by atomic mass is 19.3. The molecule has 5 nitrogen and oxygen atoms in total. The normalized spacial score (nSPS) is 18.2. The Balaban J connectivity index is 0.000000647. The van der Waals surface area contributed by atoms with E-state index in [4.69, 9.17) is 4.74 Å². The molecule has 0 aliphatic carbocycles. The van der Waals surface area contributed by atoms with Gasteiger partial charge in [0.1, 0.15) is 0 Å². The summed E-state index contributed by atoms with van der Waals surface area (Å²) in [7, 11) is 0. The molecule has 0 bridgehead atoms. The summed E-state index contributed by atoms with van der Waals surface area (Å²) in [5.41, 5.74) is 2.86. The van der Waals surface area contributed by atoms with Crippen molar-refractivity contribution in [1.29, 1.82) is 0 Å². The maximum Gasteiger partial charge on any atom is 0.315 e. The van der Waals surface area contributed by atoms with Crippen molar-refractivity contribution >= 4 is 5.91 Å². The molecule has 7 heteroatoms. The number of aryl methyl sites for hydroxylation is 1. The molecule has 0 spiro atoms. The maximum absolute atomic E-state index is 12.6. The molecule has 2 aliphatic heterocycles. The number of hydrogen-bond donors (Lipinski definition) is 0. The van der Waals surface area contributed by atoms with E-state index in [1.807, 2.05) is 11.6 Å². The van der Waals surface area contributed by atoms with Gasteiger partial charge in [-0.2, -0.15) is 13.9 Å². The summed E-state index contributed by atoms with van der Waals surface area (Å²) in [4.78, 5) is 12.7. The SMILES string of the molecule is CCC.Cc1nn(C2CCOCC2)c2c1CN(C(=O)C(F)F)CC2. The second kappa shape index (κ2) is 8.55. The van der Waals surface area contributed by atoms with Crippen molar-refractivity contribution in [3.63, 3.8) is 0 Å². The van der Waals surface area contributed by atoms with Gasteiger partial charge < -0.3 is 9.64 Å². The van der Waals surface area contributed by atoms with Crippen LogP contribution in [0, 0.1) is 6.92 Å². The molecule has 1 fully saturated rings. The van der Waals surface area contributed by atoms with Crippen LogP contribution in [0.2, 0.25) is 0 Å². The van der Waals surface area contributed by atoms with Crippen LogP contribution < -0.4 is 0 Å². The quantitative estimate of drug-likeness (QED) is 0.829. The minimum atomic E-state index is -2.93. The van der Waals surface area contributed by atoms with Crippen molar-refractivity contribution < 1.29 is 18.3 Å². The molecular weight excluding hydrogens is 316 g/mol. The largest absolute Gasteiger partial charge is 0.381 e. The smallest absolute Gasteiger partial charge is 0.315 e. The Hall–Kier alpha value is -1.50. The van der Waals surface area contributed by atoms with Gasteiger partial charge in [-0.15, -0.1) is 0 Å².